The summed E-state index contributed by atoms with van der Waals surface area (Å²) in [6.45, 7) is 5.25. The third kappa shape index (κ3) is 3.67. The Morgan fingerprint density at radius 1 is 1.00 bits per heavy atom. The molecule has 1 unspecified atom stereocenters. The molecule has 0 aliphatic rings. The third-order valence-corrected chi connectivity index (χ3v) is 3.49. The van der Waals surface area contributed by atoms with Crippen LogP contribution < -0.4 is 5.32 Å². The van der Waals surface area contributed by atoms with Crippen molar-refractivity contribution in [1.29, 1.82) is 0 Å². The van der Waals surface area contributed by atoms with Gasteiger partial charge in [-0.25, -0.2) is 4.39 Å². The molecule has 0 saturated heterocycles. The molecule has 2 aromatic carbocycles. The number of rotatable bonds is 6. The van der Waals surface area contributed by atoms with Gasteiger partial charge >= 0.3 is 0 Å². The quantitative estimate of drug-likeness (QED) is 0.817. The number of aryl methyl sites for hydroxylation is 1. The first-order valence-corrected chi connectivity index (χ1v) is 7.32. The lowest BCUT2D eigenvalue weighted by atomic mass is 9.96. The van der Waals surface area contributed by atoms with Gasteiger partial charge in [0.05, 0.1) is 6.04 Å². The molecule has 0 spiro atoms. The van der Waals surface area contributed by atoms with Crippen LogP contribution in [0.2, 0.25) is 0 Å². The monoisotopic (exact) mass is 271 g/mol. The van der Waals surface area contributed by atoms with Crippen molar-refractivity contribution in [2.75, 3.05) is 6.54 Å². The van der Waals surface area contributed by atoms with Gasteiger partial charge < -0.3 is 5.32 Å². The smallest absolute Gasteiger partial charge is 0.123 e. The Labute approximate surface area is 120 Å². The van der Waals surface area contributed by atoms with E-state index in [-0.39, 0.29) is 11.9 Å². The van der Waals surface area contributed by atoms with Crippen LogP contribution in [0.5, 0.6) is 0 Å². The normalized spacial score (nSPS) is 12.3. The molecule has 0 bridgehead atoms. The van der Waals surface area contributed by atoms with E-state index in [2.05, 4.69) is 43.4 Å². The summed E-state index contributed by atoms with van der Waals surface area (Å²) < 4.78 is 13.1. The van der Waals surface area contributed by atoms with Crippen LogP contribution in [0.3, 0.4) is 0 Å². The maximum atomic E-state index is 13.1. The van der Waals surface area contributed by atoms with Crippen molar-refractivity contribution in [2.45, 2.75) is 32.7 Å². The molecule has 20 heavy (non-hydrogen) atoms. The fourth-order valence-corrected chi connectivity index (χ4v) is 2.36. The predicted octanol–water partition coefficient (Wildman–Crippen LogP) is 4.48. The highest BCUT2D eigenvalue weighted by Crippen LogP contribution is 2.23. The van der Waals surface area contributed by atoms with Crippen LogP contribution in [0.15, 0.2) is 48.5 Å². The molecule has 2 heteroatoms. The van der Waals surface area contributed by atoms with Gasteiger partial charge in [-0.05, 0) is 48.2 Å². The fraction of sp³-hybridized carbons (Fsp3) is 0.333. The lowest BCUT2D eigenvalue weighted by Gasteiger charge is -2.20. The van der Waals surface area contributed by atoms with Crippen LogP contribution in [0.25, 0.3) is 0 Å². The van der Waals surface area contributed by atoms with Crippen LogP contribution in [0.1, 0.15) is 43.0 Å². The molecular formula is C18H22FN. The van der Waals surface area contributed by atoms with E-state index in [0.29, 0.717) is 0 Å². The Morgan fingerprint density at radius 3 is 2.40 bits per heavy atom. The lowest BCUT2D eigenvalue weighted by molar-refractivity contribution is 0.592. The van der Waals surface area contributed by atoms with Crippen LogP contribution in [0, 0.1) is 5.82 Å². The van der Waals surface area contributed by atoms with Crippen molar-refractivity contribution in [3.05, 3.63) is 71.0 Å². The second-order valence-corrected chi connectivity index (χ2v) is 5.04. The second-order valence-electron chi connectivity index (χ2n) is 5.04. The minimum atomic E-state index is -0.190. The lowest BCUT2D eigenvalue weighted by Crippen LogP contribution is -2.23. The van der Waals surface area contributed by atoms with Crippen LogP contribution >= 0.6 is 0 Å². The van der Waals surface area contributed by atoms with E-state index in [1.807, 2.05) is 12.1 Å². The van der Waals surface area contributed by atoms with E-state index in [9.17, 15) is 4.39 Å². The highest BCUT2D eigenvalue weighted by Gasteiger charge is 2.13. The van der Waals surface area contributed by atoms with Gasteiger partial charge in [-0.2, -0.15) is 0 Å². The van der Waals surface area contributed by atoms with Gasteiger partial charge in [0.25, 0.3) is 0 Å². The molecule has 0 amide bonds. The molecule has 1 nitrogen and oxygen atoms in total. The number of hydrogen-bond acceptors (Lipinski definition) is 1. The van der Waals surface area contributed by atoms with Crippen molar-refractivity contribution in [1.82, 2.24) is 5.32 Å². The zero-order valence-corrected chi connectivity index (χ0v) is 12.2. The van der Waals surface area contributed by atoms with E-state index in [1.165, 1.54) is 23.3 Å². The molecule has 2 rings (SSSR count). The summed E-state index contributed by atoms with van der Waals surface area (Å²) in [5, 5.41) is 3.55. The topological polar surface area (TPSA) is 12.0 Å². The fourth-order valence-electron chi connectivity index (χ4n) is 2.36. The zero-order chi connectivity index (χ0) is 14.4. The number of halogens is 1. The average Bonchev–Trinajstić information content (AvgIpc) is 2.49. The number of benzene rings is 2. The minimum Gasteiger partial charge on any atom is -0.306 e. The van der Waals surface area contributed by atoms with Gasteiger partial charge in [-0.15, -0.1) is 0 Å². The van der Waals surface area contributed by atoms with Crippen molar-refractivity contribution in [3.8, 4) is 0 Å². The molecule has 0 aliphatic carbocycles. The van der Waals surface area contributed by atoms with Crippen molar-refractivity contribution in [3.63, 3.8) is 0 Å². The summed E-state index contributed by atoms with van der Waals surface area (Å²) in [7, 11) is 0. The molecule has 0 saturated carbocycles. The van der Waals surface area contributed by atoms with Crippen LogP contribution in [-0.2, 0) is 6.42 Å². The van der Waals surface area contributed by atoms with E-state index >= 15 is 0 Å². The zero-order valence-electron chi connectivity index (χ0n) is 12.2. The predicted molar refractivity (Wildman–Crippen MR) is 82.4 cm³/mol. The van der Waals surface area contributed by atoms with Crippen molar-refractivity contribution in [2.24, 2.45) is 0 Å². The van der Waals surface area contributed by atoms with Gasteiger partial charge in [-0.1, -0.05) is 50.2 Å². The summed E-state index contributed by atoms with van der Waals surface area (Å²) in [6.07, 6.45) is 2.10. The van der Waals surface area contributed by atoms with Gasteiger partial charge in [0, 0.05) is 0 Å². The minimum absolute atomic E-state index is 0.127. The molecule has 2 aromatic rings. The van der Waals surface area contributed by atoms with Crippen molar-refractivity contribution < 1.29 is 4.39 Å². The van der Waals surface area contributed by atoms with Gasteiger partial charge in [0.2, 0.25) is 0 Å². The number of hydrogen-bond donors (Lipinski definition) is 1. The first-order valence-electron chi connectivity index (χ1n) is 7.32. The Balaban J connectivity index is 2.32. The van der Waals surface area contributed by atoms with E-state index in [0.717, 1.165) is 24.9 Å². The Morgan fingerprint density at radius 2 is 1.75 bits per heavy atom. The highest BCUT2D eigenvalue weighted by molar-refractivity contribution is 5.34. The maximum Gasteiger partial charge on any atom is 0.123 e. The first-order chi connectivity index (χ1) is 9.74. The van der Waals surface area contributed by atoms with E-state index in [4.69, 9.17) is 0 Å². The summed E-state index contributed by atoms with van der Waals surface area (Å²) >= 11 is 0. The molecule has 1 N–H and O–H groups in total. The van der Waals surface area contributed by atoms with Gasteiger partial charge in [0.15, 0.2) is 0 Å². The molecule has 0 fully saturated rings. The molecule has 0 heterocycles. The Hall–Kier alpha value is -1.67. The summed E-state index contributed by atoms with van der Waals surface area (Å²) in [5.74, 6) is -0.190. The molecule has 0 aliphatic heterocycles. The summed E-state index contributed by atoms with van der Waals surface area (Å²) in [4.78, 5) is 0. The van der Waals surface area contributed by atoms with Gasteiger partial charge in [0.1, 0.15) is 5.82 Å². The molecule has 0 radical (unpaired) electrons. The third-order valence-electron chi connectivity index (χ3n) is 3.49. The van der Waals surface area contributed by atoms with E-state index < -0.39 is 0 Å². The SMILES string of the molecule is CCCNC(c1ccc(F)cc1)c1cccc(CC)c1. The van der Waals surface area contributed by atoms with Crippen molar-refractivity contribution >= 4 is 0 Å². The highest BCUT2D eigenvalue weighted by atomic mass is 19.1. The Bertz CT molecular complexity index is 533. The summed E-state index contributed by atoms with van der Waals surface area (Å²) in [5.41, 5.74) is 3.67. The summed E-state index contributed by atoms with van der Waals surface area (Å²) in [6, 6.07) is 15.5. The van der Waals surface area contributed by atoms with Gasteiger partial charge in [-0.3, -0.25) is 0 Å². The average molecular weight is 271 g/mol. The Kier molecular flexibility index (Phi) is 5.31. The largest absolute Gasteiger partial charge is 0.306 e. The molecule has 0 aromatic heterocycles. The van der Waals surface area contributed by atoms with Crippen LogP contribution in [0.4, 0.5) is 4.39 Å². The maximum absolute atomic E-state index is 13.1. The van der Waals surface area contributed by atoms with E-state index in [1.54, 1.807) is 0 Å². The first kappa shape index (κ1) is 14.7. The molecule has 1 atom stereocenters. The standard InChI is InChI=1S/C18H22FN/c1-3-12-20-18(15-8-10-17(19)11-9-15)16-7-5-6-14(4-2)13-16/h5-11,13,18,20H,3-4,12H2,1-2H3. The molecule has 106 valence electrons. The molecular weight excluding hydrogens is 249 g/mol. The number of nitrogens with one attached hydrogen (secondary N) is 1. The second kappa shape index (κ2) is 7.20. The van der Waals surface area contributed by atoms with Crippen LogP contribution in [-0.4, -0.2) is 6.54 Å².